The van der Waals surface area contributed by atoms with Crippen molar-refractivity contribution in [2.24, 2.45) is 5.92 Å². The summed E-state index contributed by atoms with van der Waals surface area (Å²) in [6.07, 6.45) is 6.84. The van der Waals surface area contributed by atoms with E-state index < -0.39 is 0 Å². The van der Waals surface area contributed by atoms with Gasteiger partial charge in [0, 0.05) is 26.1 Å². The molecule has 3 heteroatoms. The Labute approximate surface area is 98.1 Å². The highest BCUT2D eigenvalue weighted by Gasteiger charge is 2.26. The molecule has 1 saturated carbocycles. The Morgan fingerprint density at radius 3 is 2.50 bits per heavy atom. The fraction of sp³-hybridized carbons (Fsp3) is 0.923. The first-order valence-electron chi connectivity index (χ1n) is 6.69. The number of ether oxygens (including phenoxy) is 1. The summed E-state index contributed by atoms with van der Waals surface area (Å²) in [5.74, 6) is 1.17. The second kappa shape index (κ2) is 5.67. The predicted octanol–water partition coefficient (Wildman–Crippen LogP) is 2.20. The quantitative estimate of drug-likeness (QED) is 0.718. The number of piperidine rings is 1. The lowest BCUT2D eigenvalue weighted by molar-refractivity contribution is -0.133. The molecular formula is C13H23NO2. The van der Waals surface area contributed by atoms with E-state index in [1.807, 2.05) is 4.90 Å². The molecule has 0 N–H and O–H groups in total. The molecule has 16 heavy (non-hydrogen) atoms. The molecular weight excluding hydrogens is 202 g/mol. The minimum absolute atomic E-state index is 0.322. The fourth-order valence-corrected chi connectivity index (χ4v) is 2.20. The highest BCUT2D eigenvalue weighted by Crippen LogP contribution is 2.30. The molecule has 3 nitrogen and oxygen atoms in total. The summed E-state index contributed by atoms with van der Waals surface area (Å²) in [6, 6.07) is 0. The van der Waals surface area contributed by atoms with Crippen LogP contribution in [0, 0.1) is 5.92 Å². The van der Waals surface area contributed by atoms with E-state index in [9.17, 15) is 4.79 Å². The van der Waals surface area contributed by atoms with Crippen molar-refractivity contribution in [1.82, 2.24) is 4.90 Å². The number of amides is 1. The van der Waals surface area contributed by atoms with E-state index in [4.69, 9.17) is 4.74 Å². The zero-order chi connectivity index (χ0) is 11.4. The van der Waals surface area contributed by atoms with Crippen LogP contribution in [0.2, 0.25) is 0 Å². The Bertz CT molecular complexity index is 230. The van der Waals surface area contributed by atoms with E-state index in [2.05, 4.69) is 6.92 Å². The Morgan fingerprint density at radius 2 is 1.94 bits per heavy atom. The molecule has 0 radical (unpaired) electrons. The first kappa shape index (κ1) is 11.9. The van der Waals surface area contributed by atoms with Gasteiger partial charge < -0.3 is 9.64 Å². The number of likely N-dealkylation sites (tertiary alicyclic amines) is 1. The van der Waals surface area contributed by atoms with Crippen LogP contribution in [0.3, 0.4) is 0 Å². The summed E-state index contributed by atoms with van der Waals surface area (Å²) in [7, 11) is 0. The molecule has 1 amide bonds. The number of nitrogens with zero attached hydrogens (tertiary/aromatic N) is 1. The van der Waals surface area contributed by atoms with Crippen LogP contribution in [0.5, 0.6) is 0 Å². The summed E-state index contributed by atoms with van der Waals surface area (Å²) >= 11 is 0. The van der Waals surface area contributed by atoms with Gasteiger partial charge in [0.15, 0.2) is 0 Å². The van der Waals surface area contributed by atoms with Gasteiger partial charge in [-0.05, 0) is 38.0 Å². The highest BCUT2D eigenvalue weighted by molar-refractivity contribution is 5.76. The Hall–Kier alpha value is -0.570. The van der Waals surface area contributed by atoms with Crippen LogP contribution >= 0.6 is 0 Å². The number of carbonyl (C=O) groups is 1. The van der Waals surface area contributed by atoms with E-state index >= 15 is 0 Å². The molecule has 0 bridgehead atoms. The van der Waals surface area contributed by atoms with E-state index in [-0.39, 0.29) is 0 Å². The molecule has 92 valence electrons. The van der Waals surface area contributed by atoms with Gasteiger partial charge in [-0.1, -0.05) is 6.92 Å². The predicted molar refractivity (Wildman–Crippen MR) is 63.2 cm³/mol. The second-order valence-electron chi connectivity index (χ2n) is 5.11. The molecule has 0 aromatic heterocycles. The molecule has 2 aliphatic rings. The summed E-state index contributed by atoms with van der Waals surface area (Å²) in [5.41, 5.74) is 0. The lowest BCUT2D eigenvalue weighted by Crippen LogP contribution is -2.40. The van der Waals surface area contributed by atoms with Crippen LogP contribution in [0.15, 0.2) is 0 Å². The molecule has 1 heterocycles. The van der Waals surface area contributed by atoms with Gasteiger partial charge >= 0.3 is 0 Å². The molecule has 1 aliphatic carbocycles. The SMILES string of the molecule is CCCC(=O)N1CCC(OCC2CC2)CC1. The molecule has 2 rings (SSSR count). The Morgan fingerprint density at radius 1 is 1.25 bits per heavy atom. The third kappa shape index (κ3) is 3.48. The van der Waals surface area contributed by atoms with E-state index in [1.165, 1.54) is 12.8 Å². The standard InChI is InChI=1S/C13H23NO2/c1-2-3-13(15)14-8-6-12(7-9-14)16-10-11-4-5-11/h11-12H,2-10H2,1H3. The largest absolute Gasteiger partial charge is 0.378 e. The average molecular weight is 225 g/mol. The van der Waals surface area contributed by atoms with E-state index in [1.54, 1.807) is 0 Å². The molecule has 1 saturated heterocycles. The van der Waals surface area contributed by atoms with Gasteiger partial charge in [0.25, 0.3) is 0 Å². The molecule has 0 atom stereocenters. The first-order chi connectivity index (χ1) is 7.79. The second-order valence-corrected chi connectivity index (χ2v) is 5.11. The van der Waals surface area contributed by atoms with Crippen molar-refractivity contribution in [2.75, 3.05) is 19.7 Å². The monoisotopic (exact) mass is 225 g/mol. The van der Waals surface area contributed by atoms with Crippen LogP contribution in [0.4, 0.5) is 0 Å². The summed E-state index contributed by atoms with van der Waals surface area (Å²) in [5, 5.41) is 0. The van der Waals surface area contributed by atoms with Crippen molar-refractivity contribution < 1.29 is 9.53 Å². The minimum atomic E-state index is 0.322. The molecule has 0 spiro atoms. The topological polar surface area (TPSA) is 29.5 Å². The van der Waals surface area contributed by atoms with Gasteiger partial charge in [0.05, 0.1) is 6.10 Å². The fourth-order valence-electron chi connectivity index (χ4n) is 2.20. The maximum Gasteiger partial charge on any atom is 0.222 e. The Kier molecular flexibility index (Phi) is 4.22. The third-order valence-electron chi connectivity index (χ3n) is 3.52. The van der Waals surface area contributed by atoms with Crippen molar-refractivity contribution in [3.8, 4) is 0 Å². The highest BCUT2D eigenvalue weighted by atomic mass is 16.5. The van der Waals surface area contributed by atoms with Crippen LogP contribution in [-0.2, 0) is 9.53 Å². The normalized spacial score (nSPS) is 22.4. The van der Waals surface area contributed by atoms with Crippen molar-refractivity contribution >= 4 is 5.91 Å². The zero-order valence-corrected chi connectivity index (χ0v) is 10.3. The summed E-state index contributed by atoms with van der Waals surface area (Å²) in [6.45, 7) is 4.80. The molecule has 2 fully saturated rings. The Balaban J connectivity index is 1.63. The lowest BCUT2D eigenvalue weighted by atomic mass is 10.1. The van der Waals surface area contributed by atoms with Gasteiger partial charge in [-0.25, -0.2) is 0 Å². The molecule has 0 aromatic rings. The average Bonchev–Trinajstić information content (AvgIpc) is 3.11. The molecule has 1 aliphatic heterocycles. The summed E-state index contributed by atoms with van der Waals surface area (Å²) in [4.78, 5) is 13.7. The van der Waals surface area contributed by atoms with Crippen molar-refractivity contribution in [2.45, 2.75) is 51.6 Å². The van der Waals surface area contributed by atoms with Crippen molar-refractivity contribution in [3.63, 3.8) is 0 Å². The third-order valence-corrected chi connectivity index (χ3v) is 3.52. The number of hydrogen-bond acceptors (Lipinski definition) is 2. The molecule has 0 unspecified atom stereocenters. The van der Waals surface area contributed by atoms with E-state index in [0.717, 1.165) is 44.9 Å². The van der Waals surface area contributed by atoms with Crippen LogP contribution in [0.25, 0.3) is 0 Å². The lowest BCUT2D eigenvalue weighted by Gasteiger charge is -2.32. The van der Waals surface area contributed by atoms with Crippen molar-refractivity contribution in [3.05, 3.63) is 0 Å². The summed E-state index contributed by atoms with van der Waals surface area (Å²) < 4.78 is 5.86. The van der Waals surface area contributed by atoms with Gasteiger partial charge in [0.1, 0.15) is 0 Å². The molecule has 0 aromatic carbocycles. The number of hydrogen-bond donors (Lipinski definition) is 0. The van der Waals surface area contributed by atoms with Gasteiger partial charge in [0.2, 0.25) is 5.91 Å². The van der Waals surface area contributed by atoms with Crippen molar-refractivity contribution in [1.29, 1.82) is 0 Å². The number of carbonyl (C=O) groups excluding carboxylic acids is 1. The van der Waals surface area contributed by atoms with Crippen LogP contribution < -0.4 is 0 Å². The van der Waals surface area contributed by atoms with Crippen LogP contribution in [-0.4, -0.2) is 36.6 Å². The first-order valence-corrected chi connectivity index (χ1v) is 6.69. The van der Waals surface area contributed by atoms with Crippen LogP contribution in [0.1, 0.15) is 45.4 Å². The van der Waals surface area contributed by atoms with Gasteiger partial charge in [-0.3, -0.25) is 4.79 Å². The van der Waals surface area contributed by atoms with Gasteiger partial charge in [-0.2, -0.15) is 0 Å². The van der Waals surface area contributed by atoms with Gasteiger partial charge in [-0.15, -0.1) is 0 Å². The zero-order valence-electron chi connectivity index (χ0n) is 10.3. The minimum Gasteiger partial charge on any atom is -0.378 e. The number of rotatable bonds is 5. The smallest absolute Gasteiger partial charge is 0.222 e. The maximum atomic E-state index is 11.7. The van der Waals surface area contributed by atoms with E-state index in [0.29, 0.717) is 18.4 Å². The maximum absolute atomic E-state index is 11.7.